The molecule has 156 valence electrons. The molecular formula is C22H31N5O2. The predicted octanol–water partition coefficient (Wildman–Crippen LogP) is 2.52. The maximum atomic E-state index is 12.6. The molecule has 7 nitrogen and oxygen atoms in total. The summed E-state index contributed by atoms with van der Waals surface area (Å²) in [5, 5.41) is 4.32. The number of nitrogens with zero attached hydrogens (tertiary/aromatic N) is 3. The lowest BCUT2D eigenvalue weighted by atomic mass is 9.86. The number of aromatic nitrogens is 1. The standard InChI is InChI=1S/C22H31N5O2/c1-15-10-20(29)27(13-19(28)24-18-11-16(2)23-17(3)12-18)25-21(15)26-9-8-22(14-26)6-4-5-7-22/h10-12,21,25H,4-9,13-14H2,1-3H3,(H,23,24,28). The van der Waals surface area contributed by atoms with Crippen molar-refractivity contribution >= 4 is 17.5 Å². The first-order chi connectivity index (χ1) is 13.8. The fourth-order valence-electron chi connectivity index (χ4n) is 5.13. The van der Waals surface area contributed by atoms with E-state index in [4.69, 9.17) is 0 Å². The molecule has 2 N–H and O–H groups in total. The number of hydrogen-bond acceptors (Lipinski definition) is 5. The minimum absolute atomic E-state index is 0.0223. The molecule has 2 amide bonds. The van der Waals surface area contributed by atoms with Crippen LogP contribution in [0.25, 0.3) is 0 Å². The third kappa shape index (κ3) is 4.36. The third-order valence-electron chi connectivity index (χ3n) is 6.49. The highest BCUT2D eigenvalue weighted by Crippen LogP contribution is 2.46. The van der Waals surface area contributed by atoms with Gasteiger partial charge in [0.1, 0.15) is 6.54 Å². The van der Waals surface area contributed by atoms with Crippen LogP contribution in [0.2, 0.25) is 0 Å². The summed E-state index contributed by atoms with van der Waals surface area (Å²) in [4.78, 5) is 31.8. The highest BCUT2D eigenvalue weighted by Gasteiger charge is 2.43. The van der Waals surface area contributed by atoms with Crippen LogP contribution in [0.5, 0.6) is 0 Å². The topological polar surface area (TPSA) is 77.6 Å². The van der Waals surface area contributed by atoms with E-state index in [1.807, 2.05) is 32.9 Å². The first-order valence-corrected chi connectivity index (χ1v) is 10.6. The van der Waals surface area contributed by atoms with Crippen LogP contribution in [0.1, 0.15) is 50.4 Å². The lowest BCUT2D eigenvalue weighted by Crippen LogP contribution is -2.59. The van der Waals surface area contributed by atoms with Gasteiger partial charge in [0.2, 0.25) is 5.91 Å². The van der Waals surface area contributed by atoms with Crippen LogP contribution in [-0.2, 0) is 9.59 Å². The first kappa shape index (κ1) is 20.0. The van der Waals surface area contributed by atoms with E-state index in [1.165, 1.54) is 37.1 Å². The second kappa shape index (κ2) is 7.88. The van der Waals surface area contributed by atoms with Gasteiger partial charge in [-0.3, -0.25) is 24.5 Å². The molecule has 1 aromatic rings. The largest absolute Gasteiger partial charge is 0.324 e. The lowest BCUT2D eigenvalue weighted by Gasteiger charge is -2.38. The Balaban J connectivity index is 1.40. The van der Waals surface area contributed by atoms with Gasteiger partial charge in [0.25, 0.3) is 5.91 Å². The summed E-state index contributed by atoms with van der Waals surface area (Å²) < 4.78 is 0. The summed E-state index contributed by atoms with van der Waals surface area (Å²) >= 11 is 0. The third-order valence-corrected chi connectivity index (χ3v) is 6.49. The minimum Gasteiger partial charge on any atom is -0.324 e. The van der Waals surface area contributed by atoms with Gasteiger partial charge in [-0.15, -0.1) is 0 Å². The van der Waals surface area contributed by atoms with Gasteiger partial charge in [0.15, 0.2) is 0 Å². The molecule has 7 heteroatoms. The second-order valence-corrected chi connectivity index (χ2v) is 8.96. The first-order valence-electron chi connectivity index (χ1n) is 10.6. The SMILES string of the molecule is CC1=CC(=O)N(CC(=O)Nc2cc(C)nc(C)c2)NC1N1CCC2(CCCC2)C1. The van der Waals surface area contributed by atoms with Gasteiger partial charge >= 0.3 is 0 Å². The van der Waals surface area contributed by atoms with E-state index in [0.717, 1.165) is 30.1 Å². The summed E-state index contributed by atoms with van der Waals surface area (Å²) in [7, 11) is 0. The molecule has 0 radical (unpaired) electrons. The fraction of sp³-hybridized carbons (Fsp3) is 0.591. The number of anilines is 1. The zero-order valence-electron chi connectivity index (χ0n) is 17.6. The average Bonchev–Trinajstić information content (AvgIpc) is 3.26. The summed E-state index contributed by atoms with van der Waals surface area (Å²) in [5.41, 5.74) is 7.19. The lowest BCUT2D eigenvalue weighted by molar-refractivity contribution is -0.136. The fourth-order valence-corrected chi connectivity index (χ4v) is 5.13. The van der Waals surface area contributed by atoms with E-state index in [0.29, 0.717) is 11.1 Å². The molecule has 1 aromatic heterocycles. The maximum Gasteiger partial charge on any atom is 0.261 e. The quantitative estimate of drug-likeness (QED) is 0.816. The van der Waals surface area contributed by atoms with Crippen molar-refractivity contribution < 1.29 is 9.59 Å². The molecule has 2 aliphatic heterocycles. The van der Waals surface area contributed by atoms with Gasteiger partial charge in [-0.05, 0) is 63.2 Å². The van der Waals surface area contributed by atoms with Crippen molar-refractivity contribution in [3.8, 4) is 0 Å². The zero-order valence-corrected chi connectivity index (χ0v) is 17.6. The van der Waals surface area contributed by atoms with Gasteiger partial charge in [0.05, 0.1) is 6.17 Å². The van der Waals surface area contributed by atoms with Crippen LogP contribution in [0.15, 0.2) is 23.8 Å². The Bertz CT molecular complexity index is 823. The number of pyridine rings is 1. The van der Waals surface area contributed by atoms with E-state index < -0.39 is 0 Å². The number of aryl methyl sites for hydroxylation is 2. The number of rotatable bonds is 4. The van der Waals surface area contributed by atoms with Crippen molar-refractivity contribution in [1.82, 2.24) is 20.3 Å². The van der Waals surface area contributed by atoms with Crippen molar-refractivity contribution in [2.75, 3.05) is 25.0 Å². The molecule has 1 aliphatic carbocycles. The summed E-state index contributed by atoms with van der Waals surface area (Å²) in [5.74, 6) is -0.401. The van der Waals surface area contributed by atoms with Crippen LogP contribution in [0.3, 0.4) is 0 Å². The summed E-state index contributed by atoms with van der Waals surface area (Å²) in [6, 6.07) is 3.66. The van der Waals surface area contributed by atoms with Gasteiger partial charge in [-0.2, -0.15) is 0 Å². The highest BCUT2D eigenvalue weighted by molar-refractivity contribution is 5.97. The number of likely N-dealkylation sites (tertiary alicyclic amines) is 1. The number of carbonyl (C=O) groups is 2. The Labute approximate surface area is 172 Å². The Hall–Kier alpha value is -2.25. The maximum absolute atomic E-state index is 12.6. The Morgan fingerprint density at radius 3 is 2.59 bits per heavy atom. The van der Waals surface area contributed by atoms with Gasteiger partial charge in [0, 0.05) is 36.2 Å². The number of amides is 2. The van der Waals surface area contributed by atoms with Crippen molar-refractivity contribution in [1.29, 1.82) is 0 Å². The van der Waals surface area contributed by atoms with Gasteiger partial charge in [-0.25, -0.2) is 5.43 Å². The summed E-state index contributed by atoms with van der Waals surface area (Å²) in [6.07, 6.45) is 8.16. The molecule has 1 atom stereocenters. The molecule has 1 unspecified atom stereocenters. The molecule has 2 fully saturated rings. The minimum atomic E-state index is -0.226. The number of hydrazine groups is 1. The zero-order chi connectivity index (χ0) is 20.6. The number of nitrogens with one attached hydrogen (secondary N) is 2. The molecule has 3 heterocycles. The Kier molecular flexibility index (Phi) is 5.44. The highest BCUT2D eigenvalue weighted by atomic mass is 16.2. The normalized spacial score (nSPS) is 24.2. The average molecular weight is 398 g/mol. The van der Waals surface area contributed by atoms with Crippen LogP contribution < -0.4 is 10.7 Å². The Morgan fingerprint density at radius 2 is 1.90 bits per heavy atom. The summed E-state index contributed by atoms with van der Waals surface area (Å²) in [6.45, 7) is 7.85. The molecule has 1 saturated heterocycles. The molecule has 1 spiro atoms. The van der Waals surface area contributed by atoms with Gasteiger partial charge < -0.3 is 5.32 Å². The van der Waals surface area contributed by atoms with Crippen molar-refractivity contribution in [2.24, 2.45) is 5.41 Å². The molecule has 0 aromatic carbocycles. The predicted molar refractivity (Wildman–Crippen MR) is 112 cm³/mol. The van der Waals surface area contributed by atoms with E-state index in [1.54, 1.807) is 6.08 Å². The van der Waals surface area contributed by atoms with E-state index in [-0.39, 0.29) is 24.5 Å². The molecule has 1 saturated carbocycles. The number of hydrogen-bond donors (Lipinski definition) is 2. The van der Waals surface area contributed by atoms with E-state index in [9.17, 15) is 9.59 Å². The Morgan fingerprint density at radius 1 is 1.21 bits per heavy atom. The molecule has 0 bridgehead atoms. The molecule has 29 heavy (non-hydrogen) atoms. The van der Waals surface area contributed by atoms with Gasteiger partial charge in [-0.1, -0.05) is 12.8 Å². The van der Waals surface area contributed by atoms with Crippen LogP contribution in [0.4, 0.5) is 5.69 Å². The molecular weight excluding hydrogens is 366 g/mol. The second-order valence-electron chi connectivity index (χ2n) is 8.96. The van der Waals surface area contributed by atoms with Crippen LogP contribution >= 0.6 is 0 Å². The monoisotopic (exact) mass is 397 g/mol. The molecule has 4 rings (SSSR count). The van der Waals surface area contributed by atoms with Crippen molar-refractivity contribution in [3.05, 3.63) is 35.2 Å². The smallest absolute Gasteiger partial charge is 0.261 e. The van der Waals surface area contributed by atoms with E-state index >= 15 is 0 Å². The molecule has 3 aliphatic rings. The van der Waals surface area contributed by atoms with Crippen LogP contribution in [-0.4, -0.2) is 52.5 Å². The van der Waals surface area contributed by atoms with Crippen LogP contribution in [0, 0.1) is 19.3 Å². The van der Waals surface area contributed by atoms with E-state index in [2.05, 4.69) is 20.6 Å². The van der Waals surface area contributed by atoms with Crippen molar-refractivity contribution in [3.63, 3.8) is 0 Å². The number of carbonyl (C=O) groups excluding carboxylic acids is 2. The van der Waals surface area contributed by atoms with Crippen molar-refractivity contribution in [2.45, 2.75) is 59.0 Å².